The van der Waals surface area contributed by atoms with E-state index >= 15 is 0 Å². The minimum atomic E-state index is -0.995. The molecule has 0 aliphatic carbocycles. The van der Waals surface area contributed by atoms with Crippen LogP contribution in [0.25, 0.3) is 11.1 Å². The summed E-state index contributed by atoms with van der Waals surface area (Å²) in [5.74, 6) is 0.613. The number of fused-ring (bicyclic) bond motifs is 4. The lowest BCUT2D eigenvalue weighted by atomic mass is 9.82. The number of carbonyl (C=O) groups excluding carboxylic acids is 1. The predicted octanol–water partition coefficient (Wildman–Crippen LogP) is 2.10. The monoisotopic (exact) mass is 367 g/mol. The number of nitrogens with zero attached hydrogens (tertiary/aromatic N) is 3. The van der Waals surface area contributed by atoms with Gasteiger partial charge in [-0.15, -0.1) is 0 Å². The van der Waals surface area contributed by atoms with Gasteiger partial charge >= 0.3 is 0 Å². The zero-order chi connectivity index (χ0) is 19.3. The van der Waals surface area contributed by atoms with Crippen molar-refractivity contribution < 1.29 is 9.90 Å². The summed E-state index contributed by atoms with van der Waals surface area (Å²) in [6.07, 6.45) is 4.37. The van der Waals surface area contributed by atoms with Gasteiger partial charge in [0.05, 0.1) is 5.60 Å². The first kappa shape index (κ1) is 17.9. The Bertz CT molecular complexity index is 958. The molecule has 142 valence electrons. The molecule has 0 spiro atoms. The largest absolute Gasteiger partial charge is 0.386 e. The summed E-state index contributed by atoms with van der Waals surface area (Å²) in [6.45, 7) is 7.10. The number of aromatic nitrogens is 2. The maximum atomic E-state index is 12.8. The third-order valence-electron chi connectivity index (χ3n) is 5.78. The first-order chi connectivity index (χ1) is 12.7. The van der Waals surface area contributed by atoms with Crippen LogP contribution in [0.5, 0.6) is 0 Å². The Labute approximate surface area is 158 Å². The second-order valence-corrected chi connectivity index (χ2v) is 8.36. The minimum Gasteiger partial charge on any atom is -0.386 e. The van der Waals surface area contributed by atoms with Crippen molar-refractivity contribution >= 4 is 5.91 Å². The maximum Gasteiger partial charge on any atom is 0.251 e. The van der Waals surface area contributed by atoms with Crippen molar-refractivity contribution in [3.05, 3.63) is 52.2 Å². The number of pyridine rings is 2. The highest BCUT2D eigenvalue weighted by atomic mass is 16.3. The number of amides is 1. The molecule has 0 saturated carbocycles. The summed E-state index contributed by atoms with van der Waals surface area (Å²) in [5, 5.41) is 10.3. The first-order valence-corrected chi connectivity index (χ1v) is 9.41. The van der Waals surface area contributed by atoms with Crippen LogP contribution < -0.4 is 5.56 Å². The zero-order valence-corrected chi connectivity index (χ0v) is 16.0. The molecule has 6 heteroatoms. The van der Waals surface area contributed by atoms with Crippen LogP contribution in [0.3, 0.4) is 0 Å². The first-order valence-electron chi connectivity index (χ1n) is 9.41. The van der Waals surface area contributed by atoms with E-state index < -0.39 is 5.60 Å². The van der Waals surface area contributed by atoms with Gasteiger partial charge in [0.25, 0.3) is 5.56 Å². The van der Waals surface area contributed by atoms with Gasteiger partial charge < -0.3 is 14.6 Å². The number of aliphatic hydroxyl groups is 1. The average molecular weight is 367 g/mol. The van der Waals surface area contributed by atoms with Gasteiger partial charge in [0.2, 0.25) is 5.91 Å². The third-order valence-corrected chi connectivity index (χ3v) is 5.78. The summed E-state index contributed by atoms with van der Waals surface area (Å²) in [7, 11) is 0. The van der Waals surface area contributed by atoms with Crippen LogP contribution in [0.4, 0.5) is 0 Å². The van der Waals surface area contributed by atoms with Crippen LogP contribution in [0.2, 0.25) is 0 Å². The van der Waals surface area contributed by atoms with Gasteiger partial charge in [0.1, 0.15) is 0 Å². The number of hydrogen-bond donors (Lipinski definition) is 1. The maximum absolute atomic E-state index is 12.8. The molecule has 2 aliphatic heterocycles. The second-order valence-electron chi connectivity index (χ2n) is 8.36. The second kappa shape index (κ2) is 6.30. The molecule has 27 heavy (non-hydrogen) atoms. The molecule has 0 radical (unpaired) electrons. The molecule has 1 amide bonds. The van der Waals surface area contributed by atoms with Crippen molar-refractivity contribution in [2.45, 2.75) is 45.3 Å². The SMILES string of the molecule is CC(=O)N1C[C@@H]2C[C@H](C1)c1cc(-c3cncc(C(C)(C)O)c3)cc(=O)n1C2. The molecule has 0 unspecified atom stereocenters. The Kier molecular flexibility index (Phi) is 4.18. The van der Waals surface area contributed by atoms with Crippen molar-refractivity contribution in [3.63, 3.8) is 0 Å². The van der Waals surface area contributed by atoms with Crippen LogP contribution in [0.15, 0.2) is 35.4 Å². The van der Waals surface area contributed by atoms with Gasteiger partial charge in [-0.05, 0) is 43.9 Å². The van der Waals surface area contributed by atoms with E-state index in [0.29, 0.717) is 24.6 Å². The van der Waals surface area contributed by atoms with Crippen LogP contribution in [-0.4, -0.2) is 38.6 Å². The Morgan fingerprint density at radius 2 is 1.93 bits per heavy atom. The fraction of sp³-hybridized carbons (Fsp3) is 0.476. The van der Waals surface area contributed by atoms with Crippen LogP contribution >= 0.6 is 0 Å². The van der Waals surface area contributed by atoms with E-state index in [1.54, 1.807) is 39.2 Å². The molecule has 6 nitrogen and oxygen atoms in total. The topological polar surface area (TPSA) is 75.4 Å². The van der Waals surface area contributed by atoms with Crippen molar-refractivity contribution in [1.29, 1.82) is 0 Å². The predicted molar refractivity (Wildman–Crippen MR) is 102 cm³/mol. The van der Waals surface area contributed by atoms with Gasteiger partial charge in [0, 0.05) is 67.8 Å². The Morgan fingerprint density at radius 3 is 2.63 bits per heavy atom. The van der Waals surface area contributed by atoms with Crippen molar-refractivity contribution in [3.8, 4) is 11.1 Å². The molecular formula is C21H25N3O3. The quantitative estimate of drug-likeness (QED) is 0.882. The summed E-state index contributed by atoms with van der Waals surface area (Å²) in [5.41, 5.74) is 2.32. The molecule has 2 atom stereocenters. The van der Waals surface area contributed by atoms with E-state index in [1.165, 1.54) is 0 Å². The standard InChI is InChI=1S/C21H25N3O3/c1-13(25)23-10-14-4-17(12-23)19-6-15(7-20(26)24(19)11-14)16-5-18(9-22-8-16)21(2,3)27/h5-9,14,17,27H,4,10-12H2,1-3H3/t14-,17+/m0/s1. The molecule has 2 aromatic rings. The van der Waals surface area contributed by atoms with Crippen LogP contribution in [0, 0.1) is 5.92 Å². The third kappa shape index (κ3) is 3.30. The summed E-state index contributed by atoms with van der Waals surface area (Å²) >= 11 is 0. The molecule has 1 N–H and O–H groups in total. The summed E-state index contributed by atoms with van der Waals surface area (Å²) in [6, 6.07) is 5.59. The average Bonchev–Trinajstić information content (AvgIpc) is 2.61. The van der Waals surface area contributed by atoms with E-state index in [2.05, 4.69) is 11.1 Å². The number of hydrogen-bond acceptors (Lipinski definition) is 4. The fourth-order valence-corrected chi connectivity index (χ4v) is 4.32. The molecular weight excluding hydrogens is 342 g/mol. The van der Waals surface area contributed by atoms with E-state index in [9.17, 15) is 14.7 Å². The van der Waals surface area contributed by atoms with Crippen molar-refractivity contribution in [2.24, 2.45) is 5.92 Å². The lowest BCUT2D eigenvalue weighted by Gasteiger charge is -2.42. The summed E-state index contributed by atoms with van der Waals surface area (Å²) in [4.78, 5) is 30.8. The van der Waals surface area contributed by atoms with Crippen molar-refractivity contribution in [1.82, 2.24) is 14.5 Å². The Balaban J connectivity index is 1.77. The van der Waals surface area contributed by atoms with E-state index in [1.807, 2.05) is 15.5 Å². The molecule has 2 aliphatic rings. The highest BCUT2D eigenvalue weighted by molar-refractivity contribution is 5.73. The smallest absolute Gasteiger partial charge is 0.251 e. The molecule has 2 bridgehead atoms. The van der Waals surface area contributed by atoms with E-state index in [4.69, 9.17) is 0 Å². The number of piperidine rings is 1. The van der Waals surface area contributed by atoms with Crippen LogP contribution in [0.1, 0.15) is 44.4 Å². The van der Waals surface area contributed by atoms with Gasteiger partial charge in [-0.1, -0.05) is 0 Å². The molecule has 1 saturated heterocycles. The summed E-state index contributed by atoms with van der Waals surface area (Å²) < 4.78 is 1.87. The Morgan fingerprint density at radius 1 is 1.15 bits per heavy atom. The fourth-order valence-electron chi connectivity index (χ4n) is 4.32. The molecule has 1 fully saturated rings. The van der Waals surface area contributed by atoms with Gasteiger partial charge in [0.15, 0.2) is 0 Å². The number of carbonyl (C=O) groups is 1. The highest BCUT2D eigenvalue weighted by Gasteiger charge is 2.35. The molecule has 2 aromatic heterocycles. The Hall–Kier alpha value is -2.47. The lowest BCUT2D eigenvalue weighted by Crippen LogP contribution is -2.48. The van der Waals surface area contributed by atoms with Gasteiger partial charge in [-0.3, -0.25) is 14.6 Å². The lowest BCUT2D eigenvalue weighted by molar-refractivity contribution is -0.131. The number of rotatable bonds is 2. The van der Waals surface area contributed by atoms with Gasteiger partial charge in [-0.25, -0.2) is 0 Å². The normalized spacial score (nSPS) is 21.7. The van der Waals surface area contributed by atoms with Crippen LogP contribution in [-0.2, 0) is 16.9 Å². The molecule has 4 rings (SSSR count). The number of likely N-dealkylation sites (tertiary alicyclic amines) is 1. The highest BCUT2D eigenvalue weighted by Crippen LogP contribution is 2.36. The van der Waals surface area contributed by atoms with Crippen molar-refractivity contribution in [2.75, 3.05) is 13.1 Å². The minimum absolute atomic E-state index is 0.0119. The molecule has 0 aromatic carbocycles. The molecule has 4 heterocycles. The van der Waals surface area contributed by atoms with Gasteiger partial charge in [-0.2, -0.15) is 0 Å². The van der Waals surface area contributed by atoms with E-state index in [0.717, 1.165) is 29.8 Å². The van der Waals surface area contributed by atoms with E-state index in [-0.39, 0.29) is 17.4 Å². The zero-order valence-electron chi connectivity index (χ0n) is 16.0.